The second kappa shape index (κ2) is 3.48. The quantitative estimate of drug-likeness (QED) is 0.714. The predicted molar refractivity (Wildman–Crippen MR) is 45.5 cm³/mol. The summed E-state index contributed by atoms with van der Waals surface area (Å²) in [5.41, 5.74) is -1.60. The molecule has 1 fully saturated rings. The summed E-state index contributed by atoms with van der Waals surface area (Å²) in [7, 11) is 1.41. The molecule has 0 heterocycles. The van der Waals surface area contributed by atoms with Crippen molar-refractivity contribution < 1.29 is 13.2 Å². The van der Waals surface area contributed by atoms with Crippen LogP contribution < -0.4 is 5.32 Å². The van der Waals surface area contributed by atoms with Gasteiger partial charge in [-0.25, -0.2) is 0 Å². The molecule has 1 saturated carbocycles. The first-order valence-electron chi connectivity index (χ1n) is 4.71. The van der Waals surface area contributed by atoms with E-state index in [9.17, 15) is 13.2 Å². The molecule has 0 aromatic rings. The normalized spacial score (nSPS) is 35.3. The molecule has 0 aromatic carbocycles. The van der Waals surface area contributed by atoms with Gasteiger partial charge < -0.3 is 5.32 Å². The summed E-state index contributed by atoms with van der Waals surface area (Å²) in [6.07, 6.45) is -2.10. The molecule has 1 rings (SSSR count). The monoisotopic (exact) mass is 195 g/mol. The van der Waals surface area contributed by atoms with Crippen LogP contribution in [0.5, 0.6) is 0 Å². The summed E-state index contributed by atoms with van der Waals surface area (Å²) < 4.78 is 38.0. The van der Waals surface area contributed by atoms with Gasteiger partial charge in [0, 0.05) is 0 Å². The molecule has 2 atom stereocenters. The lowest BCUT2D eigenvalue weighted by molar-refractivity contribution is -0.194. The Bertz CT molecular complexity index is 178. The van der Waals surface area contributed by atoms with Crippen LogP contribution in [-0.2, 0) is 0 Å². The maximum absolute atomic E-state index is 12.7. The SMILES string of the molecule is CCC1CCC(NC)(C(F)(F)F)C1. The van der Waals surface area contributed by atoms with E-state index in [1.165, 1.54) is 7.05 Å². The Labute approximate surface area is 76.7 Å². The molecule has 1 nitrogen and oxygen atoms in total. The van der Waals surface area contributed by atoms with E-state index in [-0.39, 0.29) is 18.8 Å². The van der Waals surface area contributed by atoms with Crippen LogP contribution in [0.4, 0.5) is 13.2 Å². The number of rotatable bonds is 2. The standard InChI is InChI=1S/C9H16F3N/c1-3-7-4-5-8(6-7,13-2)9(10,11)12/h7,13H,3-6H2,1-2H3. The molecule has 0 saturated heterocycles. The van der Waals surface area contributed by atoms with Crippen LogP contribution in [0.25, 0.3) is 0 Å². The minimum atomic E-state index is -4.11. The number of nitrogens with one attached hydrogen (secondary N) is 1. The van der Waals surface area contributed by atoms with E-state index < -0.39 is 11.7 Å². The highest BCUT2D eigenvalue weighted by Gasteiger charge is 2.56. The third-order valence-electron chi connectivity index (χ3n) is 3.22. The maximum atomic E-state index is 12.7. The van der Waals surface area contributed by atoms with Crippen LogP contribution in [0, 0.1) is 5.92 Å². The van der Waals surface area contributed by atoms with Gasteiger partial charge in [0.1, 0.15) is 5.54 Å². The van der Waals surface area contributed by atoms with E-state index in [1.54, 1.807) is 0 Å². The lowest BCUT2D eigenvalue weighted by Gasteiger charge is -2.31. The predicted octanol–water partition coefficient (Wildman–Crippen LogP) is 2.72. The molecular formula is C9H16F3N. The third kappa shape index (κ3) is 1.82. The smallest absolute Gasteiger partial charge is 0.307 e. The Morgan fingerprint density at radius 1 is 1.46 bits per heavy atom. The molecule has 13 heavy (non-hydrogen) atoms. The molecule has 0 aliphatic heterocycles. The van der Waals surface area contributed by atoms with E-state index in [0.717, 1.165) is 6.42 Å². The molecular weight excluding hydrogens is 179 g/mol. The fourth-order valence-corrected chi connectivity index (χ4v) is 2.12. The molecule has 0 aromatic heterocycles. The van der Waals surface area contributed by atoms with Crippen molar-refractivity contribution in [1.82, 2.24) is 5.32 Å². The van der Waals surface area contributed by atoms with E-state index in [4.69, 9.17) is 0 Å². The highest BCUT2D eigenvalue weighted by Crippen LogP contribution is 2.45. The van der Waals surface area contributed by atoms with Crippen LogP contribution in [0.1, 0.15) is 32.6 Å². The molecule has 2 unspecified atom stereocenters. The number of halogens is 3. The van der Waals surface area contributed by atoms with Gasteiger partial charge in [0.15, 0.2) is 0 Å². The van der Waals surface area contributed by atoms with Gasteiger partial charge in [0.2, 0.25) is 0 Å². The Kier molecular flexibility index (Phi) is 2.90. The van der Waals surface area contributed by atoms with Crippen molar-refractivity contribution in [2.45, 2.75) is 44.3 Å². The van der Waals surface area contributed by atoms with E-state index in [1.807, 2.05) is 6.92 Å². The van der Waals surface area contributed by atoms with Crippen molar-refractivity contribution in [3.8, 4) is 0 Å². The second-order valence-corrected chi connectivity index (χ2v) is 3.85. The van der Waals surface area contributed by atoms with Gasteiger partial charge in [-0.1, -0.05) is 13.3 Å². The summed E-state index contributed by atoms with van der Waals surface area (Å²) in [5, 5.41) is 2.46. The first kappa shape index (κ1) is 10.8. The summed E-state index contributed by atoms with van der Waals surface area (Å²) >= 11 is 0. The average Bonchev–Trinajstić information content (AvgIpc) is 2.47. The van der Waals surface area contributed by atoms with Crippen molar-refractivity contribution in [2.75, 3.05) is 7.05 Å². The molecule has 0 spiro atoms. The van der Waals surface area contributed by atoms with Gasteiger partial charge in [-0.15, -0.1) is 0 Å². The lowest BCUT2D eigenvalue weighted by atomic mass is 9.94. The number of alkyl halides is 3. The molecule has 0 bridgehead atoms. The highest BCUT2D eigenvalue weighted by molar-refractivity contribution is 5.00. The van der Waals surface area contributed by atoms with Crippen LogP contribution >= 0.6 is 0 Å². The fourth-order valence-electron chi connectivity index (χ4n) is 2.12. The van der Waals surface area contributed by atoms with Crippen molar-refractivity contribution in [3.63, 3.8) is 0 Å². The fraction of sp³-hybridized carbons (Fsp3) is 1.00. The van der Waals surface area contributed by atoms with Gasteiger partial charge >= 0.3 is 6.18 Å². The van der Waals surface area contributed by atoms with E-state index in [2.05, 4.69) is 5.32 Å². The van der Waals surface area contributed by atoms with Gasteiger partial charge in [-0.3, -0.25) is 0 Å². The summed E-state index contributed by atoms with van der Waals surface area (Å²) in [4.78, 5) is 0. The zero-order chi connectivity index (χ0) is 10.1. The molecule has 1 aliphatic rings. The Balaban J connectivity index is 2.74. The highest BCUT2D eigenvalue weighted by atomic mass is 19.4. The van der Waals surface area contributed by atoms with E-state index in [0.29, 0.717) is 6.42 Å². The first-order valence-corrected chi connectivity index (χ1v) is 4.71. The Hall–Kier alpha value is -0.250. The average molecular weight is 195 g/mol. The van der Waals surface area contributed by atoms with Gasteiger partial charge in [0.05, 0.1) is 0 Å². The second-order valence-electron chi connectivity index (χ2n) is 3.85. The zero-order valence-corrected chi connectivity index (χ0v) is 8.04. The summed E-state index contributed by atoms with van der Waals surface area (Å²) in [6.45, 7) is 1.95. The van der Waals surface area contributed by atoms with Crippen LogP contribution in [0.3, 0.4) is 0 Å². The molecule has 78 valence electrons. The minimum absolute atomic E-state index is 0.228. The maximum Gasteiger partial charge on any atom is 0.406 e. The third-order valence-corrected chi connectivity index (χ3v) is 3.22. The molecule has 1 N–H and O–H groups in total. The van der Waals surface area contributed by atoms with Crippen molar-refractivity contribution >= 4 is 0 Å². The van der Waals surface area contributed by atoms with Crippen LogP contribution in [0.2, 0.25) is 0 Å². The Morgan fingerprint density at radius 3 is 2.31 bits per heavy atom. The summed E-state index contributed by atoms with van der Waals surface area (Å²) in [5.74, 6) is 0.231. The first-order chi connectivity index (χ1) is 5.95. The Morgan fingerprint density at radius 2 is 2.08 bits per heavy atom. The number of hydrogen-bond donors (Lipinski definition) is 1. The number of hydrogen-bond acceptors (Lipinski definition) is 1. The van der Waals surface area contributed by atoms with Crippen molar-refractivity contribution in [3.05, 3.63) is 0 Å². The topological polar surface area (TPSA) is 12.0 Å². The van der Waals surface area contributed by atoms with Gasteiger partial charge in [-0.05, 0) is 32.2 Å². The molecule has 0 amide bonds. The van der Waals surface area contributed by atoms with Gasteiger partial charge in [-0.2, -0.15) is 13.2 Å². The largest absolute Gasteiger partial charge is 0.406 e. The molecule has 4 heteroatoms. The summed E-state index contributed by atoms with van der Waals surface area (Å²) in [6, 6.07) is 0. The van der Waals surface area contributed by atoms with Gasteiger partial charge in [0.25, 0.3) is 0 Å². The lowest BCUT2D eigenvalue weighted by Crippen LogP contribution is -2.53. The zero-order valence-electron chi connectivity index (χ0n) is 8.04. The van der Waals surface area contributed by atoms with Crippen LogP contribution in [0.15, 0.2) is 0 Å². The minimum Gasteiger partial charge on any atom is -0.307 e. The molecule has 1 aliphatic carbocycles. The molecule has 0 radical (unpaired) electrons. The van der Waals surface area contributed by atoms with Crippen molar-refractivity contribution in [1.29, 1.82) is 0 Å². The van der Waals surface area contributed by atoms with Crippen molar-refractivity contribution in [2.24, 2.45) is 5.92 Å². The van der Waals surface area contributed by atoms with E-state index >= 15 is 0 Å². The van der Waals surface area contributed by atoms with Crippen LogP contribution in [-0.4, -0.2) is 18.8 Å².